The first kappa shape index (κ1) is 16.0. The molecule has 2 rings (SSSR count). The van der Waals surface area contributed by atoms with Crippen LogP contribution in [-0.2, 0) is 14.4 Å². The predicted octanol–water partition coefficient (Wildman–Crippen LogP) is 1.49. The monoisotopic (exact) mass is 318 g/mol. The van der Waals surface area contributed by atoms with Gasteiger partial charge in [0.2, 0.25) is 11.8 Å². The van der Waals surface area contributed by atoms with E-state index in [-0.39, 0.29) is 37.6 Å². The van der Waals surface area contributed by atoms with Crippen molar-refractivity contribution < 1.29 is 19.2 Å². The number of ketones is 2. The van der Waals surface area contributed by atoms with Crippen LogP contribution in [0.15, 0.2) is 12.1 Å². The largest absolute Gasteiger partial charge is 0.298 e. The first-order valence-corrected chi connectivity index (χ1v) is 7.62. The molecule has 0 bridgehead atoms. The smallest absolute Gasteiger partial charge is 0.229 e. The minimum Gasteiger partial charge on any atom is -0.298 e. The Morgan fingerprint density at radius 3 is 2.45 bits per heavy atom. The Bertz CT molecular complexity index is 670. The number of carbonyl (C=O) groups excluding carboxylic acids is 4. The molecule has 0 N–H and O–H groups in total. The van der Waals surface area contributed by atoms with Gasteiger partial charge in [0, 0.05) is 30.7 Å². The zero-order chi connectivity index (χ0) is 16.3. The van der Waals surface area contributed by atoms with Crippen molar-refractivity contribution in [3.63, 3.8) is 0 Å². The second kappa shape index (κ2) is 6.62. The van der Waals surface area contributed by atoms with Crippen LogP contribution in [0.25, 0.3) is 0 Å². The highest BCUT2D eigenvalue weighted by atomic mass is 32.1. The summed E-state index contributed by atoms with van der Waals surface area (Å²) in [6, 6.07) is 5.07. The molecule has 1 aromatic heterocycles. The molecule has 1 fully saturated rings. The van der Waals surface area contributed by atoms with Gasteiger partial charge in [0.05, 0.1) is 10.9 Å². The number of hydrogen-bond acceptors (Lipinski definition) is 6. The molecule has 114 valence electrons. The number of nitrogens with zero attached hydrogens (tertiary/aromatic N) is 2. The van der Waals surface area contributed by atoms with Crippen molar-refractivity contribution in [3.05, 3.63) is 21.9 Å². The van der Waals surface area contributed by atoms with Crippen LogP contribution >= 0.6 is 11.3 Å². The van der Waals surface area contributed by atoms with E-state index >= 15 is 0 Å². The Labute approximate surface area is 131 Å². The van der Waals surface area contributed by atoms with Crippen LogP contribution in [0, 0.1) is 24.2 Å². The summed E-state index contributed by atoms with van der Waals surface area (Å²) < 4.78 is 0. The summed E-state index contributed by atoms with van der Waals surface area (Å²) in [4.78, 5) is 49.5. The van der Waals surface area contributed by atoms with Gasteiger partial charge in [-0.05, 0) is 19.1 Å². The van der Waals surface area contributed by atoms with E-state index in [1.165, 1.54) is 11.3 Å². The maximum atomic E-state index is 12.2. The minimum atomic E-state index is -1.38. The summed E-state index contributed by atoms with van der Waals surface area (Å²) in [5.41, 5.74) is 0. The van der Waals surface area contributed by atoms with E-state index in [0.29, 0.717) is 4.88 Å². The van der Waals surface area contributed by atoms with Crippen molar-refractivity contribution >= 4 is 34.7 Å². The van der Waals surface area contributed by atoms with Crippen LogP contribution in [0.1, 0.15) is 33.8 Å². The number of imide groups is 1. The highest BCUT2D eigenvalue weighted by Gasteiger charge is 2.32. The summed E-state index contributed by atoms with van der Waals surface area (Å²) in [6.07, 6.45) is 0.135. The third kappa shape index (κ3) is 3.28. The van der Waals surface area contributed by atoms with Crippen LogP contribution in [0.5, 0.6) is 0 Å². The normalized spacial score (nSPS) is 15.7. The standard InChI is InChI=1S/C15H14N2O4S/c1-9-2-3-12(22-9)15(21)10(8-16)11(18)6-7-17-13(19)4-5-14(17)20/h2-3,10H,4-7H2,1H3/t10-/m0/s1. The molecule has 0 saturated carbocycles. The average Bonchev–Trinajstić information content (AvgIpc) is 3.04. The fourth-order valence-electron chi connectivity index (χ4n) is 2.22. The maximum absolute atomic E-state index is 12.2. The van der Waals surface area contributed by atoms with Crippen LogP contribution in [-0.4, -0.2) is 34.8 Å². The molecule has 2 heterocycles. The summed E-state index contributed by atoms with van der Waals surface area (Å²) in [5.74, 6) is -3.10. The van der Waals surface area contributed by atoms with Crippen molar-refractivity contribution in [3.8, 4) is 6.07 Å². The Balaban J connectivity index is 2.00. The van der Waals surface area contributed by atoms with Gasteiger partial charge < -0.3 is 0 Å². The lowest BCUT2D eigenvalue weighted by molar-refractivity contribution is -0.138. The quantitative estimate of drug-likeness (QED) is 0.450. The maximum Gasteiger partial charge on any atom is 0.229 e. The van der Waals surface area contributed by atoms with E-state index in [1.807, 2.05) is 6.92 Å². The Morgan fingerprint density at radius 1 is 1.32 bits per heavy atom. The molecule has 1 aliphatic heterocycles. The van der Waals surface area contributed by atoms with Crippen molar-refractivity contribution in [2.24, 2.45) is 5.92 Å². The first-order valence-electron chi connectivity index (χ1n) is 6.80. The second-order valence-electron chi connectivity index (χ2n) is 4.99. The average molecular weight is 318 g/mol. The van der Waals surface area contributed by atoms with Crippen LogP contribution < -0.4 is 0 Å². The minimum absolute atomic E-state index is 0.0641. The number of nitriles is 1. The molecule has 1 atom stereocenters. The number of rotatable bonds is 6. The third-order valence-corrected chi connectivity index (χ3v) is 4.45. The summed E-state index contributed by atoms with van der Waals surface area (Å²) in [5, 5.41) is 9.10. The first-order chi connectivity index (χ1) is 10.4. The molecule has 0 spiro atoms. The molecule has 2 amide bonds. The van der Waals surface area contributed by atoms with Gasteiger partial charge in [-0.3, -0.25) is 24.1 Å². The van der Waals surface area contributed by atoms with Crippen LogP contribution in [0.2, 0.25) is 0 Å². The molecular weight excluding hydrogens is 304 g/mol. The van der Waals surface area contributed by atoms with E-state index in [9.17, 15) is 19.2 Å². The molecule has 0 aromatic carbocycles. The fourth-order valence-corrected chi connectivity index (χ4v) is 3.06. The van der Waals surface area contributed by atoms with Gasteiger partial charge in [-0.2, -0.15) is 5.26 Å². The summed E-state index contributed by atoms with van der Waals surface area (Å²) in [6.45, 7) is 1.76. The lowest BCUT2D eigenvalue weighted by Gasteiger charge is -2.13. The van der Waals surface area contributed by atoms with E-state index in [2.05, 4.69) is 0 Å². The molecular formula is C15H14N2O4S. The van der Waals surface area contributed by atoms with Gasteiger partial charge in [-0.25, -0.2) is 0 Å². The highest BCUT2D eigenvalue weighted by Crippen LogP contribution is 2.20. The number of Topliss-reactive ketones (excluding diaryl/α,β-unsaturated/α-hetero) is 2. The van der Waals surface area contributed by atoms with Crippen molar-refractivity contribution in [2.45, 2.75) is 26.2 Å². The molecule has 22 heavy (non-hydrogen) atoms. The topological polar surface area (TPSA) is 95.3 Å². The third-order valence-electron chi connectivity index (χ3n) is 3.43. The van der Waals surface area contributed by atoms with Crippen molar-refractivity contribution in [2.75, 3.05) is 6.54 Å². The zero-order valence-corrected chi connectivity index (χ0v) is 12.8. The van der Waals surface area contributed by atoms with E-state index in [0.717, 1.165) is 9.78 Å². The molecule has 1 saturated heterocycles. The zero-order valence-electron chi connectivity index (χ0n) is 12.0. The number of likely N-dealkylation sites (tertiary alicyclic amines) is 1. The van der Waals surface area contributed by atoms with Gasteiger partial charge in [-0.1, -0.05) is 0 Å². The Morgan fingerprint density at radius 2 is 1.95 bits per heavy atom. The van der Waals surface area contributed by atoms with E-state index in [4.69, 9.17) is 5.26 Å². The van der Waals surface area contributed by atoms with Gasteiger partial charge in [0.1, 0.15) is 0 Å². The van der Waals surface area contributed by atoms with Gasteiger partial charge in [0.25, 0.3) is 0 Å². The Hall–Kier alpha value is -2.33. The summed E-state index contributed by atoms with van der Waals surface area (Å²) in [7, 11) is 0. The van der Waals surface area contributed by atoms with Gasteiger partial charge in [-0.15, -0.1) is 11.3 Å². The number of amides is 2. The lowest BCUT2D eigenvalue weighted by atomic mass is 9.97. The molecule has 7 heteroatoms. The van der Waals surface area contributed by atoms with Crippen LogP contribution in [0.4, 0.5) is 0 Å². The highest BCUT2D eigenvalue weighted by molar-refractivity contribution is 7.14. The SMILES string of the molecule is Cc1ccc(C(=O)[C@@H](C#N)C(=O)CCN2C(=O)CCC2=O)s1. The van der Waals surface area contributed by atoms with Gasteiger partial charge in [0.15, 0.2) is 17.5 Å². The number of hydrogen-bond donors (Lipinski definition) is 0. The lowest BCUT2D eigenvalue weighted by Crippen LogP contribution is -2.33. The molecule has 0 radical (unpaired) electrons. The molecule has 1 aromatic rings. The predicted molar refractivity (Wildman–Crippen MR) is 78.1 cm³/mol. The van der Waals surface area contributed by atoms with Crippen molar-refractivity contribution in [1.82, 2.24) is 4.90 Å². The fraction of sp³-hybridized carbons (Fsp3) is 0.400. The molecule has 0 aliphatic carbocycles. The number of thiophene rings is 1. The second-order valence-corrected chi connectivity index (χ2v) is 6.28. The molecule has 0 unspecified atom stereocenters. The number of carbonyl (C=O) groups is 4. The summed E-state index contributed by atoms with van der Waals surface area (Å²) >= 11 is 1.23. The molecule has 1 aliphatic rings. The van der Waals surface area contributed by atoms with Crippen LogP contribution in [0.3, 0.4) is 0 Å². The van der Waals surface area contributed by atoms with E-state index < -0.39 is 17.5 Å². The molecule has 6 nitrogen and oxygen atoms in total. The van der Waals surface area contributed by atoms with Crippen molar-refractivity contribution in [1.29, 1.82) is 5.26 Å². The number of aryl methyl sites for hydroxylation is 1. The van der Waals surface area contributed by atoms with E-state index in [1.54, 1.807) is 18.2 Å². The Kier molecular flexibility index (Phi) is 4.83. The van der Waals surface area contributed by atoms with Gasteiger partial charge >= 0.3 is 0 Å².